The minimum absolute atomic E-state index is 0.0322. The number of rotatable bonds is 5. The van der Waals surface area contributed by atoms with Gasteiger partial charge in [-0.2, -0.15) is 0 Å². The Labute approximate surface area is 102 Å². The van der Waals surface area contributed by atoms with E-state index < -0.39 is 5.97 Å². The molecule has 0 aliphatic heterocycles. The predicted molar refractivity (Wildman–Crippen MR) is 66.0 cm³/mol. The fraction of sp³-hybridized carbons (Fsp3) is 0.250. The Morgan fingerprint density at radius 1 is 1.35 bits per heavy atom. The van der Waals surface area contributed by atoms with Crippen LogP contribution in [0.4, 0.5) is 0 Å². The SMILES string of the molecule is O=C(O)c1sc2ccccc2c1OCCCO. The van der Waals surface area contributed by atoms with Crippen molar-refractivity contribution in [3.8, 4) is 5.75 Å². The van der Waals surface area contributed by atoms with Crippen molar-refractivity contribution in [2.75, 3.05) is 13.2 Å². The van der Waals surface area contributed by atoms with Gasteiger partial charge >= 0.3 is 5.97 Å². The van der Waals surface area contributed by atoms with Gasteiger partial charge in [0.05, 0.1) is 6.61 Å². The van der Waals surface area contributed by atoms with Gasteiger partial charge in [0.1, 0.15) is 0 Å². The second-order valence-corrected chi connectivity index (χ2v) is 4.54. The summed E-state index contributed by atoms with van der Waals surface area (Å²) in [5, 5.41) is 18.6. The van der Waals surface area contributed by atoms with E-state index in [1.165, 1.54) is 11.3 Å². The molecule has 0 bridgehead atoms. The van der Waals surface area contributed by atoms with E-state index >= 15 is 0 Å². The number of hydrogen-bond donors (Lipinski definition) is 2. The number of aromatic carboxylic acids is 1. The number of benzene rings is 1. The third kappa shape index (κ3) is 2.40. The summed E-state index contributed by atoms with van der Waals surface area (Å²) in [4.78, 5) is 11.3. The summed E-state index contributed by atoms with van der Waals surface area (Å²) >= 11 is 1.20. The standard InChI is InChI=1S/C12H12O4S/c13-6-3-7-16-10-8-4-1-2-5-9(8)17-11(10)12(14)15/h1-2,4-5,13H,3,6-7H2,(H,14,15). The first-order valence-corrected chi connectivity index (χ1v) is 6.04. The lowest BCUT2D eigenvalue weighted by Crippen LogP contribution is -2.03. The largest absolute Gasteiger partial charge is 0.491 e. The fourth-order valence-corrected chi connectivity index (χ4v) is 2.53. The van der Waals surface area contributed by atoms with E-state index in [2.05, 4.69) is 0 Å². The maximum atomic E-state index is 11.1. The highest BCUT2D eigenvalue weighted by Gasteiger charge is 2.18. The lowest BCUT2D eigenvalue weighted by atomic mass is 10.2. The highest BCUT2D eigenvalue weighted by Crippen LogP contribution is 2.37. The van der Waals surface area contributed by atoms with Crippen LogP contribution < -0.4 is 4.74 Å². The van der Waals surface area contributed by atoms with E-state index in [1.807, 2.05) is 24.3 Å². The van der Waals surface area contributed by atoms with Crippen LogP contribution in [0, 0.1) is 0 Å². The van der Waals surface area contributed by atoms with Gasteiger partial charge in [-0.3, -0.25) is 0 Å². The van der Waals surface area contributed by atoms with Gasteiger partial charge in [0.15, 0.2) is 10.6 Å². The van der Waals surface area contributed by atoms with Crippen LogP contribution >= 0.6 is 11.3 Å². The molecule has 90 valence electrons. The zero-order chi connectivity index (χ0) is 12.3. The lowest BCUT2D eigenvalue weighted by molar-refractivity contribution is 0.0698. The van der Waals surface area contributed by atoms with Crippen LogP contribution in [0.3, 0.4) is 0 Å². The Bertz CT molecular complexity index is 532. The third-order valence-corrected chi connectivity index (χ3v) is 3.43. The number of aliphatic hydroxyl groups is 1. The summed E-state index contributed by atoms with van der Waals surface area (Å²) < 4.78 is 6.35. The molecule has 1 aromatic carbocycles. The summed E-state index contributed by atoms with van der Waals surface area (Å²) in [6, 6.07) is 7.42. The molecule has 2 N–H and O–H groups in total. The minimum Gasteiger partial charge on any atom is -0.491 e. The average molecular weight is 252 g/mol. The van der Waals surface area contributed by atoms with Gasteiger partial charge in [0.25, 0.3) is 0 Å². The highest BCUT2D eigenvalue weighted by atomic mass is 32.1. The molecule has 0 aliphatic rings. The van der Waals surface area contributed by atoms with Crippen molar-refractivity contribution < 1.29 is 19.7 Å². The number of thiophene rings is 1. The summed E-state index contributed by atoms with van der Waals surface area (Å²) in [5.41, 5.74) is 0. The quantitative estimate of drug-likeness (QED) is 0.802. The second-order valence-electron chi connectivity index (χ2n) is 3.49. The second kappa shape index (κ2) is 5.16. The van der Waals surface area contributed by atoms with Crippen LogP contribution in [0.5, 0.6) is 5.75 Å². The van der Waals surface area contributed by atoms with Crippen LogP contribution in [0.1, 0.15) is 16.1 Å². The molecule has 0 amide bonds. The number of carboxylic acids is 1. The molecule has 0 fully saturated rings. The molecular formula is C12H12O4S. The van der Waals surface area contributed by atoms with Crippen molar-refractivity contribution >= 4 is 27.4 Å². The number of carboxylic acid groups (broad SMARTS) is 1. The first-order valence-electron chi connectivity index (χ1n) is 5.22. The summed E-state index contributed by atoms with van der Waals surface area (Å²) in [7, 11) is 0. The summed E-state index contributed by atoms with van der Waals surface area (Å²) in [6.45, 7) is 0.349. The minimum atomic E-state index is -0.981. The molecule has 4 nitrogen and oxygen atoms in total. The van der Waals surface area contributed by atoms with Gasteiger partial charge in [-0.15, -0.1) is 11.3 Å². The predicted octanol–water partition coefficient (Wildman–Crippen LogP) is 2.36. The zero-order valence-electron chi connectivity index (χ0n) is 9.05. The van der Waals surface area contributed by atoms with Gasteiger partial charge in [-0.25, -0.2) is 4.79 Å². The number of hydrogen-bond acceptors (Lipinski definition) is 4. The monoisotopic (exact) mass is 252 g/mol. The molecule has 0 spiro atoms. The Kier molecular flexibility index (Phi) is 3.61. The van der Waals surface area contributed by atoms with Crippen molar-refractivity contribution in [1.29, 1.82) is 0 Å². The fourth-order valence-electron chi connectivity index (χ4n) is 1.54. The maximum Gasteiger partial charge on any atom is 0.349 e. The van der Waals surface area contributed by atoms with E-state index in [0.29, 0.717) is 18.8 Å². The zero-order valence-corrected chi connectivity index (χ0v) is 9.87. The highest BCUT2D eigenvalue weighted by molar-refractivity contribution is 7.21. The van der Waals surface area contributed by atoms with Crippen molar-refractivity contribution in [3.05, 3.63) is 29.1 Å². The smallest absolute Gasteiger partial charge is 0.349 e. The first-order chi connectivity index (χ1) is 8.24. The Morgan fingerprint density at radius 2 is 2.12 bits per heavy atom. The Balaban J connectivity index is 2.41. The maximum absolute atomic E-state index is 11.1. The molecule has 0 saturated carbocycles. The molecule has 5 heteroatoms. The Morgan fingerprint density at radius 3 is 2.82 bits per heavy atom. The van der Waals surface area contributed by atoms with Gasteiger partial charge in [-0.05, 0) is 12.1 Å². The van der Waals surface area contributed by atoms with E-state index in [-0.39, 0.29) is 11.5 Å². The van der Waals surface area contributed by atoms with E-state index in [0.717, 1.165) is 10.1 Å². The molecule has 2 rings (SSSR count). The lowest BCUT2D eigenvalue weighted by Gasteiger charge is -2.04. The van der Waals surface area contributed by atoms with Crippen molar-refractivity contribution in [1.82, 2.24) is 0 Å². The van der Waals surface area contributed by atoms with Crippen LogP contribution in [0.25, 0.3) is 10.1 Å². The van der Waals surface area contributed by atoms with Gasteiger partial charge in [0.2, 0.25) is 0 Å². The molecular weight excluding hydrogens is 240 g/mol. The molecule has 0 unspecified atom stereocenters. The molecule has 17 heavy (non-hydrogen) atoms. The molecule has 0 saturated heterocycles. The van der Waals surface area contributed by atoms with Crippen LogP contribution in [-0.2, 0) is 0 Å². The van der Waals surface area contributed by atoms with Gasteiger partial charge < -0.3 is 14.9 Å². The topological polar surface area (TPSA) is 66.8 Å². The number of ether oxygens (including phenoxy) is 1. The van der Waals surface area contributed by atoms with Crippen LogP contribution in [0.2, 0.25) is 0 Å². The molecule has 0 atom stereocenters. The van der Waals surface area contributed by atoms with Crippen LogP contribution in [-0.4, -0.2) is 29.4 Å². The number of carbonyl (C=O) groups is 1. The van der Waals surface area contributed by atoms with E-state index in [1.54, 1.807) is 0 Å². The van der Waals surface area contributed by atoms with Gasteiger partial charge in [-0.1, -0.05) is 12.1 Å². The summed E-state index contributed by atoms with van der Waals surface area (Å²) in [6.07, 6.45) is 0.489. The van der Waals surface area contributed by atoms with E-state index in [9.17, 15) is 4.79 Å². The summed E-state index contributed by atoms with van der Waals surface area (Å²) in [5.74, 6) is -0.572. The number of aliphatic hydroxyl groups excluding tert-OH is 1. The van der Waals surface area contributed by atoms with Crippen molar-refractivity contribution in [2.24, 2.45) is 0 Å². The Hall–Kier alpha value is -1.59. The molecule has 0 aliphatic carbocycles. The molecule has 2 aromatic rings. The first kappa shape index (κ1) is 11.9. The number of fused-ring (bicyclic) bond motifs is 1. The average Bonchev–Trinajstić information content (AvgIpc) is 2.69. The molecule has 1 heterocycles. The molecule has 1 aromatic heterocycles. The van der Waals surface area contributed by atoms with Crippen molar-refractivity contribution in [3.63, 3.8) is 0 Å². The third-order valence-electron chi connectivity index (χ3n) is 2.29. The molecule has 0 radical (unpaired) electrons. The van der Waals surface area contributed by atoms with Gasteiger partial charge in [0, 0.05) is 23.1 Å². The van der Waals surface area contributed by atoms with E-state index in [4.69, 9.17) is 14.9 Å². The normalized spacial score (nSPS) is 10.6. The van der Waals surface area contributed by atoms with Crippen molar-refractivity contribution in [2.45, 2.75) is 6.42 Å². The van der Waals surface area contributed by atoms with Crippen LogP contribution in [0.15, 0.2) is 24.3 Å².